The molecule has 0 atom stereocenters. The van der Waals surface area contributed by atoms with Gasteiger partial charge in [0.05, 0.1) is 11.2 Å². The van der Waals surface area contributed by atoms with E-state index in [-0.39, 0.29) is 0 Å². The van der Waals surface area contributed by atoms with Gasteiger partial charge < -0.3 is 4.42 Å². The highest BCUT2D eigenvalue weighted by molar-refractivity contribution is 6.13. The molecule has 0 aliphatic carbocycles. The third kappa shape index (κ3) is 2.59. The van der Waals surface area contributed by atoms with Crippen molar-refractivity contribution in [3.63, 3.8) is 0 Å². The molecule has 0 bridgehead atoms. The monoisotopic (exact) mass is 372 g/mol. The standard InChI is InChI=1S/C26H16N2O/c1-3-9-20-17(6-1)11-12-22-26(20)21(15-23(28-22)19-8-5-13-27-16-19)25-14-18-7-2-4-10-24(18)29-25/h1-16H. The largest absolute Gasteiger partial charge is 0.456 e. The molecule has 0 N–H and O–H groups in total. The lowest BCUT2D eigenvalue weighted by Crippen LogP contribution is -1.91. The van der Waals surface area contributed by atoms with E-state index in [1.807, 2.05) is 36.5 Å². The van der Waals surface area contributed by atoms with Gasteiger partial charge in [0, 0.05) is 34.3 Å². The van der Waals surface area contributed by atoms with Crippen LogP contribution in [0.4, 0.5) is 0 Å². The molecule has 0 amide bonds. The van der Waals surface area contributed by atoms with E-state index in [4.69, 9.17) is 9.40 Å². The smallest absolute Gasteiger partial charge is 0.136 e. The first-order valence-corrected chi connectivity index (χ1v) is 9.59. The Morgan fingerprint density at radius 2 is 1.59 bits per heavy atom. The zero-order chi connectivity index (χ0) is 19.2. The van der Waals surface area contributed by atoms with Gasteiger partial charge in [0.1, 0.15) is 11.3 Å². The van der Waals surface area contributed by atoms with E-state index in [2.05, 4.69) is 59.6 Å². The number of hydrogen-bond acceptors (Lipinski definition) is 3. The van der Waals surface area contributed by atoms with E-state index in [1.165, 1.54) is 10.8 Å². The Hall–Kier alpha value is -3.98. The zero-order valence-corrected chi connectivity index (χ0v) is 15.5. The van der Waals surface area contributed by atoms with Crippen molar-refractivity contribution in [3.05, 3.63) is 97.3 Å². The summed E-state index contributed by atoms with van der Waals surface area (Å²) in [5.74, 6) is 0.847. The van der Waals surface area contributed by atoms with Crippen LogP contribution >= 0.6 is 0 Å². The summed E-state index contributed by atoms with van der Waals surface area (Å²) in [6.45, 7) is 0. The Labute approximate surface area is 167 Å². The van der Waals surface area contributed by atoms with E-state index in [1.54, 1.807) is 6.20 Å². The van der Waals surface area contributed by atoms with Crippen LogP contribution in [0, 0.1) is 0 Å². The molecule has 0 radical (unpaired) electrons. The van der Waals surface area contributed by atoms with Crippen molar-refractivity contribution in [2.45, 2.75) is 0 Å². The molecule has 0 saturated heterocycles. The molecule has 0 saturated carbocycles. The number of furan rings is 1. The van der Waals surface area contributed by atoms with E-state index >= 15 is 0 Å². The molecule has 3 heterocycles. The molecule has 0 unspecified atom stereocenters. The second-order valence-corrected chi connectivity index (χ2v) is 7.13. The molecule has 3 heteroatoms. The van der Waals surface area contributed by atoms with Gasteiger partial charge in [-0.15, -0.1) is 0 Å². The van der Waals surface area contributed by atoms with Gasteiger partial charge in [0.2, 0.25) is 0 Å². The predicted molar refractivity (Wildman–Crippen MR) is 118 cm³/mol. The summed E-state index contributed by atoms with van der Waals surface area (Å²) in [4.78, 5) is 9.22. The van der Waals surface area contributed by atoms with Crippen molar-refractivity contribution in [1.82, 2.24) is 9.97 Å². The van der Waals surface area contributed by atoms with Crippen LogP contribution in [0.5, 0.6) is 0 Å². The normalized spacial score (nSPS) is 11.4. The van der Waals surface area contributed by atoms with E-state index in [9.17, 15) is 0 Å². The van der Waals surface area contributed by atoms with Crippen LogP contribution in [0.15, 0.2) is 102 Å². The number of rotatable bonds is 2. The van der Waals surface area contributed by atoms with Crippen molar-refractivity contribution in [3.8, 4) is 22.6 Å². The molecular formula is C26H16N2O. The highest BCUT2D eigenvalue weighted by atomic mass is 16.3. The average Bonchev–Trinajstić information content (AvgIpc) is 3.23. The number of benzene rings is 3. The van der Waals surface area contributed by atoms with Gasteiger partial charge in [-0.05, 0) is 47.2 Å². The number of pyridine rings is 2. The molecule has 29 heavy (non-hydrogen) atoms. The van der Waals surface area contributed by atoms with Crippen LogP contribution in [0.2, 0.25) is 0 Å². The van der Waals surface area contributed by atoms with Gasteiger partial charge in [0.15, 0.2) is 0 Å². The van der Waals surface area contributed by atoms with Crippen molar-refractivity contribution in [2.75, 3.05) is 0 Å². The summed E-state index contributed by atoms with van der Waals surface area (Å²) < 4.78 is 6.26. The first kappa shape index (κ1) is 16.0. The van der Waals surface area contributed by atoms with Gasteiger partial charge in [-0.2, -0.15) is 0 Å². The molecule has 6 rings (SSSR count). The lowest BCUT2D eigenvalue weighted by Gasteiger charge is -2.11. The molecule has 3 nitrogen and oxygen atoms in total. The maximum absolute atomic E-state index is 6.26. The Morgan fingerprint density at radius 3 is 2.45 bits per heavy atom. The summed E-state index contributed by atoms with van der Waals surface area (Å²) in [5, 5.41) is 4.56. The van der Waals surface area contributed by atoms with Crippen LogP contribution < -0.4 is 0 Å². The molecule has 136 valence electrons. The predicted octanol–water partition coefficient (Wildman–Crippen LogP) is 6.86. The van der Waals surface area contributed by atoms with E-state index in [0.29, 0.717) is 0 Å². The molecule has 0 aliphatic heterocycles. The summed E-state index contributed by atoms with van der Waals surface area (Å²) in [6.07, 6.45) is 3.62. The lowest BCUT2D eigenvalue weighted by molar-refractivity contribution is 0.632. The molecule has 3 aromatic carbocycles. The van der Waals surface area contributed by atoms with Crippen molar-refractivity contribution in [2.24, 2.45) is 0 Å². The number of fused-ring (bicyclic) bond motifs is 4. The number of para-hydroxylation sites is 1. The second kappa shape index (κ2) is 6.28. The molecular weight excluding hydrogens is 356 g/mol. The maximum atomic E-state index is 6.26. The van der Waals surface area contributed by atoms with Gasteiger partial charge in [-0.3, -0.25) is 4.98 Å². The Morgan fingerprint density at radius 1 is 0.724 bits per heavy atom. The Bertz CT molecular complexity index is 1470. The third-order valence-electron chi connectivity index (χ3n) is 5.35. The van der Waals surface area contributed by atoms with Gasteiger partial charge in [-0.1, -0.05) is 48.5 Å². The van der Waals surface area contributed by atoms with Gasteiger partial charge in [-0.25, -0.2) is 4.98 Å². The van der Waals surface area contributed by atoms with Crippen LogP contribution in [-0.4, -0.2) is 9.97 Å². The highest BCUT2D eigenvalue weighted by Crippen LogP contribution is 2.38. The molecule has 3 aromatic heterocycles. The molecule has 0 fully saturated rings. The summed E-state index contributed by atoms with van der Waals surface area (Å²) in [6, 6.07) is 28.9. The zero-order valence-electron chi connectivity index (χ0n) is 15.5. The minimum atomic E-state index is 0.847. The van der Waals surface area contributed by atoms with Gasteiger partial charge in [0.25, 0.3) is 0 Å². The Balaban J connectivity index is 1.74. The topological polar surface area (TPSA) is 38.9 Å². The SMILES string of the molecule is c1cncc(-c2cc(-c3cc4ccccc4o3)c3c(ccc4ccccc43)n2)c1. The maximum Gasteiger partial charge on any atom is 0.136 e. The van der Waals surface area contributed by atoms with Crippen molar-refractivity contribution < 1.29 is 4.42 Å². The van der Waals surface area contributed by atoms with Crippen molar-refractivity contribution in [1.29, 1.82) is 0 Å². The quantitative estimate of drug-likeness (QED) is 0.312. The van der Waals surface area contributed by atoms with Crippen LogP contribution in [0.25, 0.3) is 55.2 Å². The fraction of sp³-hybridized carbons (Fsp3) is 0. The summed E-state index contributed by atoms with van der Waals surface area (Å²) >= 11 is 0. The first-order valence-electron chi connectivity index (χ1n) is 9.59. The highest BCUT2D eigenvalue weighted by Gasteiger charge is 2.15. The molecule has 0 spiro atoms. The lowest BCUT2D eigenvalue weighted by atomic mass is 9.97. The van der Waals surface area contributed by atoms with Crippen LogP contribution in [-0.2, 0) is 0 Å². The number of aromatic nitrogens is 2. The first-order chi connectivity index (χ1) is 14.4. The Kier molecular flexibility index (Phi) is 3.47. The van der Waals surface area contributed by atoms with Crippen molar-refractivity contribution >= 4 is 32.6 Å². The number of nitrogens with zero attached hydrogens (tertiary/aromatic N) is 2. The third-order valence-corrected chi connectivity index (χ3v) is 5.35. The minimum absolute atomic E-state index is 0.847. The van der Waals surface area contributed by atoms with Crippen LogP contribution in [0.1, 0.15) is 0 Å². The molecule has 6 aromatic rings. The fourth-order valence-corrected chi connectivity index (χ4v) is 3.98. The summed E-state index contributed by atoms with van der Waals surface area (Å²) in [5.41, 5.74) is 4.74. The second-order valence-electron chi connectivity index (χ2n) is 7.13. The fourth-order valence-electron chi connectivity index (χ4n) is 3.98. The molecule has 0 aliphatic rings. The van der Waals surface area contributed by atoms with E-state index < -0.39 is 0 Å². The van der Waals surface area contributed by atoms with Crippen LogP contribution in [0.3, 0.4) is 0 Å². The van der Waals surface area contributed by atoms with Gasteiger partial charge >= 0.3 is 0 Å². The average molecular weight is 372 g/mol. The van der Waals surface area contributed by atoms with E-state index in [0.717, 1.165) is 44.5 Å². The minimum Gasteiger partial charge on any atom is -0.456 e. The summed E-state index contributed by atoms with van der Waals surface area (Å²) in [7, 11) is 0. The number of hydrogen-bond donors (Lipinski definition) is 0.